The molecule has 1 aromatic rings. The van der Waals surface area contributed by atoms with Gasteiger partial charge < -0.3 is 19.5 Å². The van der Waals surface area contributed by atoms with Gasteiger partial charge in [-0.2, -0.15) is 0 Å². The molecule has 1 saturated heterocycles. The number of amides is 1. The monoisotopic (exact) mass is 319 g/mol. The average Bonchev–Trinajstić information content (AvgIpc) is 2.94. The van der Waals surface area contributed by atoms with E-state index >= 15 is 0 Å². The van der Waals surface area contributed by atoms with Crippen LogP contribution in [0.2, 0.25) is 10.0 Å². The maximum atomic E-state index is 12.2. The minimum Gasteiger partial charge on any atom is -0.494 e. The Labute approximate surface area is 127 Å². The Morgan fingerprint density at radius 3 is 2.65 bits per heavy atom. The summed E-state index contributed by atoms with van der Waals surface area (Å²) >= 11 is 12.0. The Balaban J connectivity index is 1.99. The van der Waals surface area contributed by atoms with Gasteiger partial charge in [0.25, 0.3) is 5.91 Å². The first-order chi connectivity index (χ1) is 9.63. The highest BCUT2D eigenvalue weighted by Gasteiger charge is 2.20. The van der Waals surface area contributed by atoms with E-state index in [1.54, 1.807) is 12.1 Å². The number of carbonyl (C=O) groups is 1. The Bertz CT molecular complexity index is 490. The van der Waals surface area contributed by atoms with Crippen molar-refractivity contribution in [2.75, 3.05) is 26.9 Å². The summed E-state index contributed by atoms with van der Waals surface area (Å²) in [5, 5.41) is 3.37. The first-order valence-electron chi connectivity index (χ1n) is 6.17. The van der Waals surface area contributed by atoms with Crippen molar-refractivity contribution >= 4 is 29.1 Å². The van der Waals surface area contributed by atoms with Gasteiger partial charge in [-0.05, 0) is 12.1 Å². The van der Waals surface area contributed by atoms with Crippen molar-refractivity contribution in [3.63, 3.8) is 0 Å². The number of nitrogens with one attached hydrogen (secondary N) is 1. The maximum absolute atomic E-state index is 12.2. The van der Waals surface area contributed by atoms with Gasteiger partial charge in [0.1, 0.15) is 5.56 Å². The molecule has 20 heavy (non-hydrogen) atoms. The molecule has 7 heteroatoms. The first-order valence-corrected chi connectivity index (χ1v) is 6.92. The molecule has 0 atom stereocenters. The molecule has 1 amide bonds. The largest absolute Gasteiger partial charge is 0.494 e. The molecule has 2 rings (SSSR count). The summed E-state index contributed by atoms with van der Waals surface area (Å²) in [5.41, 5.74) is 0.231. The van der Waals surface area contributed by atoms with Crippen molar-refractivity contribution in [2.45, 2.75) is 12.7 Å². The number of benzene rings is 1. The number of hydrogen-bond acceptors (Lipinski definition) is 4. The summed E-state index contributed by atoms with van der Waals surface area (Å²) in [5.74, 6) is -0.0719. The van der Waals surface area contributed by atoms with Crippen LogP contribution in [-0.2, 0) is 9.47 Å². The summed E-state index contributed by atoms with van der Waals surface area (Å²) in [4.78, 5) is 12.2. The maximum Gasteiger partial charge on any atom is 0.256 e. The number of ether oxygens (including phenoxy) is 3. The molecular formula is C13H15Cl2NO4. The fourth-order valence-electron chi connectivity index (χ4n) is 1.91. The summed E-state index contributed by atoms with van der Waals surface area (Å²) < 4.78 is 15.7. The summed E-state index contributed by atoms with van der Waals surface area (Å²) in [6.07, 6.45) is 0.318. The molecule has 0 radical (unpaired) electrons. The lowest BCUT2D eigenvalue weighted by Gasteiger charge is -2.13. The molecule has 0 saturated carbocycles. The minimum atomic E-state index is -0.340. The van der Waals surface area contributed by atoms with Gasteiger partial charge in [0, 0.05) is 13.0 Å². The number of methoxy groups -OCH3 is 1. The Kier molecular flexibility index (Phi) is 5.48. The van der Waals surface area contributed by atoms with Crippen molar-refractivity contribution in [1.29, 1.82) is 0 Å². The summed E-state index contributed by atoms with van der Waals surface area (Å²) in [6.45, 7) is 1.59. The third-order valence-electron chi connectivity index (χ3n) is 2.85. The molecule has 1 aromatic carbocycles. The molecule has 1 N–H and O–H groups in total. The van der Waals surface area contributed by atoms with E-state index in [0.29, 0.717) is 31.2 Å². The van der Waals surface area contributed by atoms with Crippen LogP contribution in [0.5, 0.6) is 5.75 Å². The van der Waals surface area contributed by atoms with E-state index in [9.17, 15) is 4.79 Å². The van der Waals surface area contributed by atoms with Crippen molar-refractivity contribution in [3.8, 4) is 5.75 Å². The van der Waals surface area contributed by atoms with Gasteiger partial charge in [0.2, 0.25) is 0 Å². The van der Waals surface area contributed by atoms with Gasteiger partial charge in [0.15, 0.2) is 12.0 Å². The number of rotatable bonds is 5. The van der Waals surface area contributed by atoms with E-state index in [0.717, 1.165) is 0 Å². The SMILES string of the molecule is COc1c(Cl)ccc(Cl)c1C(=O)NCCC1OCCO1. The highest BCUT2D eigenvalue weighted by atomic mass is 35.5. The lowest BCUT2D eigenvalue weighted by Crippen LogP contribution is -2.28. The van der Waals surface area contributed by atoms with E-state index in [-0.39, 0.29) is 28.5 Å². The number of carbonyl (C=O) groups excluding carboxylic acids is 1. The van der Waals surface area contributed by atoms with Gasteiger partial charge in [-0.1, -0.05) is 23.2 Å². The third-order valence-corrected chi connectivity index (χ3v) is 3.46. The van der Waals surface area contributed by atoms with Crippen LogP contribution in [0.25, 0.3) is 0 Å². The molecule has 1 aliphatic heterocycles. The topological polar surface area (TPSA) is 56.8 Å². The highest BCUT2D eigenvalue weighted by molar-refractivity contribution is 6.37. The van der Waals surface area contributed by atoms with Crippen LogP contribution < -0.4 is 10.1 Å². The standard InChI is InChI=1S/C13H15Cl2NO4/c1-18-12-9(15)3-2-8(14)11(12)13(17)16-5-4-10-19-6-7-20-10/h2-3,10H,4-7H2,1H3,(H,16,17). The van der Waals surface area contributed by atoms with Crippen molar-refractivity contribution in [1.82, 2.24) is 5.32 Å². The van der Waals surface area contributed by atoms with E-state index in [4.69, 9.17) is 37.4 Å². The molecule has 0 aromatic heterocycles. The smallest absolute Gasteiger partial charge is 0.256 e. The van der Waals surface area contributed by atoms with Crippen LogP contribution >= 0.6 is 23.2 Å². The predicted octanol–water partition coefficient (Wildman–Crippen LogP) is 2.49. The average molecular weight is 320 g/mol. The Morgan fingerprint density at radius 1 is 1.35 bits per heavy atom. The van der Waals surface area contributed by atoms with Crippen molar-refractivity contribution < 1.29 is 19.0 Å². The van der Waals surface area contributed by atoms with Crippen LogP contribution in [0, 0.1) is 0 Å². The van der Waals surface area contributed by atoms with Crippen LogP contribution in [0.15, 0.2) is 12.1 Å². The third kappa shape index (κ3) is 3.55. The highest BCUT2D eigenvalue weighted by Crippen LogP contribution is 2.33. The van der Waals surface area contributed by atoms with Gasteiger partial charge >= 0.3 is 0 Å². The molecular weight excluding hydrogens is 305 g/mol. The lowest BCUT2D eigenvalue weighted by atomic mass is 10.2. The Hall–Kier alpha value is -1.01. The second kappa shape index (κ2) is 7.13. The molecule has 1 heterocycles. The fraction of sp³-hybridized carbons (Fsp3) is 0.462. The summed E-state index contributed by atoms with van der Waals surface area (Å²) in [7, 11) is 1.44. The molecule has 110 valence electrons. The lowest BCUT2D eigenvalue weighted by molar-refractivity contribution is -0.0455. The van der Waals surface area contributed by atoms with E-state index in [1.807, 2.05) is 0 Å². The first kappa shape index (κ1) is 15.4. The molecule has 5 nitrogen and oxygen atoms in total. The second-order valence-electron chi connectivity index (χ2n) is 4.15. The normalized spacial score (nSPS) is 15.3. The van der Waals surface area contributed by atoms with E-state index < -0.39 is 0 Å². The van der Waals surface area contributed by atoms with Crippen molar-refractivity contribution in [3.05, 3.63) is 27.7 Å². The molecule has 0 bridgehead atoms. The Morgan fingerprint density at radius 2 is 2.00 bits per heavy atom. The van der Waals surface area contributed by atoms with Crippen LogP contribution in [0.4, 0.5) is 0 Å². The summed E-state index contributed by atoms with van der Waals surface area (Å²) in [6, 6.07) is 3.14. The zero-order valence-electron chi connectivity index (χ0n) is 10.9. The number of halogens is 2. The van der Waals surface area contributed by atoms with Gasteiger partial charge in [-0.15, -0.1) is 0 Å². The van der Waals surface area contributed by atoms with Crippen molar-refractivity contribution in [2.24, 2.45) is 0 Å². The van der Waals surface area contributed by atoms with Crippen LogP contribution in [-0.4, -0.2) is 39.1 Å². The van der Waals surface area contributed by atoms with Gasteiger partial charge in [-0.3, -0.25) is 4.79 Å². The van der Waals surface area contributed by atoms with Gasteiger partial charge in [-0.25, -0.2) is 0 Å². The second-order valence-corrected chi connectivity index (χ2v) is 4.97. The predicted molar refractivity (Wildman–Crippen MR) is 75.7 cm³/mol. The van der Waals surface area contributed by atoms with Crippen LogP contribution in [0.1, 0.15) is 16.8 Å². The quantitative estimate of drug-likeness (QED) is 0.906. The zero-order valence-corrected chi connectivity index (χ0v) is 12.5. The zero-order chi connectivity index (χ0) is 14.5. The molecule has 1 fully saturated rings. The number of hydrogen-bond donors (Lipinski definition) is 1. The minimum absolute atomic E-state index is 0.231. The molecule has 0 unspecified atom stereocenters. The molecule has 1 aliphatic rings. The van der Waals surface area contributed by atoms with Gasteiger partial charge in [0.05, 0.1) is 30.4 Å². The molecule has 0 aliphatic carbocycles. The van der Waals surface area contributed by atoms with E-state index in [1.165, 1.54) is 7.11 Å². The molecule has 0 spiro atoms. The van der Waals surface area contributed by atoms with Crippen LogP contribution in [0.3, 0.4) is 0 Å². The van der Waals surface area contributed by atoms with E-state index in [2.05, 4.69) is 5.32 Å². The fourth-order valence-corrected chi connectivity index (χ4v) is 2.38.